The summed E-state index contributed by atoms with van der Waals surface area (Å²) in [6, 6.07) is 0. The Morgan fingerprint density at radius 3 is 2.59 bits per heavy atom. The van der Waals surface area contributed by atoms with E-state index in [-0.39, 0.29) is 0 Å². The van der Waals surface area contributed by atoms with Crippen molar-refractivity contribution in [2.24, 2.45) is 5.92 Å². The van der Waals surface area contributed by atoms with Gasteiger partial charge in [-0.2, -0.15) is 0 Å². The molecule has 0 aliphatic heterocycles. The maximum Gasteiger partial charge on any atom is 0.355 e. The number of nitrogens with zero attached hydrogens (tertiary/aromatic N) is 1. The highest BCUT2D eigenvalue weighted by Gasteiger charge is 2.27. The molecule has 0 amide bonds. The van der Waals surface area contributed by atoms with E-state index in [0.717, 1.165) is 35.1 Å². The lowest BCUT2D eigenvalue weighted by Crippen LogP contribution is -2.12. The molecule has 1 aromatic rings. The third-order valence-corrected chi connectivity index (χ3v) is 4.95. The number of thiazole rings is 1. The molecule has 0 atom stereocenters. The zero-order valence-corrected chi connectivity index (χ0v) is 11.2. The summed E-state index contributed by atoms with van der Waals surface area (Å²) in [4.78, 5) is 16.5. The summed E-state index contributed by atoms with van der Waals surface area (Å²) in [7, 11) is 0. The largest absolute Gasteiger partial charge is 0.476 e. The highest BCUT2D eigenvalue weighted by Crippen LogP contribution is 2.39. The van der Waals surface area contributed by atoms with Crippen LogP contribution in [0.15, 0.2) is 0 Å². The van der Waals surface area contributed by atoms with Gasteiger partial charge in [-0.15, -0.1) is 11.3 Å². The van der Waals surface area contributed by atoms with E-state index in [4.69, 9.17) is 0 Å². The van der Waals surface area contributed by atoms with Gasteiger partial charge in [-0.05, 0) is 31.1 Å². The lowest BCUT2D eigenvalue weighted by molar-refractivity contribution is 0.0689. The van der Waals surface area contributed by atoms with E-state index in [9.17, 15) is 9.90 Å². The minimum Gasteiger partial charge on any atom is -0.476 e. The fourth-order valence-corrected chi connectivity index (χ4v) is 3.65. The lowest BCUT2D eigenvalue weighted by atomic mass is 9.82. The molecule has 0 unspecified atom stereocenters. The fourth-order valence-electron chi connectivity index (χ4n) is 2.48. The summed E-state index contributed by atoms with van der Waals surface area (Å²) < 4.78 is 0. The van der Waals surface area contributed by atoms with E-state index in [1.807, 2.05) is 6.92 Å². The minimum atomic E-state index is -0.866. The first-order valence-electron chi connectivity index (χ1n) is 6.34. The van der Waals surface area contributed by atoms with Crippen molar-refractivity contribution < 1.29 is 9.90 Å². The molecule has 1 saturated carbocycles. The van der Waals surface area contributed by atoms with E-state index in [0.29, 0.717) is 11.6 Å². The van der Waals surface area contributed by atoms with Crippen LogP contribution in [0.1, 0.15) is 65.8 Å². The van der Waals surface area contributed by atoms with Crippen LogP contribution in [-0.2, 0) is 6.42 Å². The van der Waals surface area contributed by atoms with Gasteiger partial charge in [-0.1, -0.05) is 26.7 Å². The van der Waals surface area contributed by atoms with Gasteiger partial charge >= 0.3 is 5.97 Å². The summed E-state index contributed by atoms with van der Waals surface area (Å²) in [5.74, 6) is 0.350. The maximum atomic E-state index is 11.2. The highest BCUT2D eigenvalue weighted by molar-refractivity contribution is 7.12. The summed E-state index contributed by atoms with van der Waals surface area (Å²) >= 11 is 1.60. The summed E-state index contributed by atoms with van der Waals surface area (Å²) in [6.07, 6.45) is 5.49. The second-order valence-electron chi connectivity index (χ2n) is 4.94. The molecular weight excluding hydrogens is 234 g/mol. The molecule has 0 aromatic carbocycles. The molecule has 4 heteroatoms. The molecule has 1 heterocycles. The molecule has 0 radical (unpaired) electrons. The van der Waals surface area contributed by atoms with Crippen LogP contribution in [0.3, 0.4) is 0 Å². The molecule has 1 aliphatic rings. The van der Waals surface area contributed by atoms with Crippen molar-refractivity contribution in [2.75, 3.05) is 0 Å². The number of hydrogen-bond acceptors (Lipinski definition) is 3. The third-order valence-electron chi connectivity index (χ3n) is 3.59. The Labute approximate surface area is 106 Å². The van der Waals surface area contributed by atoms with Crippen molar-refractivity contribution in [3.63, 3.8) is 0 Å². The van der Waals surface area contributed by atoms with E-state index in [2.05, 4.69) is 11.9 Å². The average Bonchev–Trinajstić information content (AvgIpc) is 2.74. The molecule has 0 spiro atoms. The smallest absolute Gasteiger partial charge is 0.355 e. The number of rotatable bonds is 3. The fraction of sp³-hybridized carbons (Fsp3) is 0.692. The van der Waals surface area contributed by atoms with Gasteiger partial charge in [-0.3, -0.25) is 0 Å². The summed E-state index contributed by atoms with van der Waals surface area (Å²) in [5.41, 5.74) is 0.311. The van der Waals surface area contributed by atoms with Crippen molar-refractivity contribution in [3.8, 4) is 0 Å². The van der Waals surface area contributed by atoms with Crippen LogP contribution in [0.25, 0.3) is 0 Å². The summed E-state index contributed by atoms with van der Waals surface area (Å²) in [5, 5.41) is 10.2. The van der Waals surface area contributed by atoms with Crippen molar-refractivity contribution in [2.45, 2.75) is 51.9 Å². The van der Waals surface area contributed by atoms with E-state index < -0.39 is 5.97 Å². The van der Waals surface area contributed by atoms with E-state index in [1.165, 1.54) is 12.8 Å². The van der Waals surface area contributed by atoms with Gasteiger partial charge in [0.25, 0.3) is 0 Å². The molecule has 1 N–H and O–H groups in total. The average molecular weight is 253 g/mol. The van der Waals surface area contributed by atoms with Crippen LogP contribution in [0.5, 0.6) is 0 Å². The Bertz CT molecular complexity index is 406. The van der Waals surface area contributed by atoms with Gasteiger partial charge in [0.15, 0.2) is 5.69 Å². The van der Waals surface area contributed by atoms with Crippen LogP contribution >= 0.6 is 11.3 Å². The van der Waals surface area contributed by atoms with Gasteiger partial charge < -0.3 is 5.11 Å². The zero-order chi connectivity index (χ0) is 12.4. The minimum absolute atomic E-state index is 0.311. The van der Waals surface area contributed by atoms with Crippen LogP contribution < -0.4 is 0 Å². The first-order valence-corrected chi connectivity index (χ1v) is 7.16. The van der Waals surface area contributed by atoms with Crippen molar-refractivity contribution in [1.29, 1.82) is 0 Å². The normalized spacial score (nSPS) is 24.8. The first-order chi connectivity index (χ1) is 8.11. The molecular formula is C13H19NO2S. The molecule has 1 aromatic heterocycles. The number of carboxylic acids is 1. The van der Waals surface area contributed by atoms with E-state index >= 15 is 0 Å². The van der Waals surface area contributed by atoms with Gasteiger partial charge in [0.05, 0.1) is 5.01 Å². The van der Waals surface area contributed by atoms with Crippen LogP contribution in [0.2, 0.25) is 0 Å². The Hall–Kier alpha value is -0.900. The number of carboxylic acid groups (broad SMARTS) is 1. The molecule has 17 heavy (non-hydrogen) atoms. The van der Waals surface area contributed by atoms with Crippen molar-refractivity contribution in [1.82, 2.24) is 4.98 Å². The quantitative estimate of drug-likeness (QED) is 0.893. The molecule has 0 saturated heterocycles. The highest BCUT2D eigenvalue weighted by atomic mass is 32.1. The van der Waals surface area contributed by atoms with Gasteiger partial charge in [0, 0.05) is 4.88 Å². The monoisotopic (exact) mass is 253 g/mol. The number of carbonyl (C=O) groups is 1. The maximum absolute atomic E-state index is 11.2. The lowest BCUT2D eigenvalue weighted by Gasteiger charge is -2.25. The van der Waals surface area contributed by atoms with Gasteiger partial charge in [0.1, 0.15) is 0 Å². The van der Waals surface area contributed by atoms with Crippen molar-refractivity contribution in [3.05, 3.63) is 15.6 Å². The predicted molar refractivity (Wildman–Crippen MR) is 68.8 cm³/mol. The second-order valence-corrected chi connectivity index (χ2v) is 6.05. The number of aromatic carboxylic acids is 1. The third kappa shape index (κ3) is 2.68. The Balaban J connectivity index is 2.24. The molecule has 94 valence electrons. The van der Waals surface area contributed by atoms with Crippen molar-refractivity contribution >= 4 is 17.3 Å². The molecule has 0 bridgehead atoms. The Kier molecular flexibility index (Phi) is 3.82. The van der Waals surface area contributed by atoms with Crippen LogP contribution in [0.4, 0.5) is 0 Å². The van der Waals surface area contributed by atoms with Gasteiger partial charge in [-0.25, -0.2) is 9.78 Å². The standard InChI is InChI=1S/C13H19NO2S/c1-3-10-14-11(13(15)16)12(17-10)9-6-4-8(2)5-7-9/h8-9H,3-7H2,1-2H3,(H,15,16). The number of hydrogen-bond donors (Lipinski definition) is 1. The predicted octanol–water partition coefficient (Wildman–Crippen LogP) is 3.70. The molecule has 3 nitrogen and oxygen atoms in total. The zero-order valence-electron chi connectivity index (χ0n) is 10.4. The number of aromatic nitrogens is 1. The number of aryl methyl sites for hydroxylation is 1. The Morgan fingerprint density at radius 1 is 1.41 bits per heavy atom. The van der Waals surface area contributed by atoms with Gasteiger partial charge in [0.2, 0.25) is 0 Å². The first kappa shape index (κ1) is 12.6. The Morgan fingerprint density at radius 2 is 2.06 bits per heavy atom. The van der Waals surface area contributed by atoms with E-state index in [1.54, 1.807) is 11.3 Å². The molecule has 2 rings (SSSR count). The van der Waals surface area contributed by atoms with Crippen LogP contribution in [-0.4, -0.2) is 16.1 Å². The topological polar surface area (TPSA) is 50.2 Å². The van der Waals surface area contributed by atoms with Crippen LogP contribution in [0, 0.1) is 5.92 Å². The summed E-state index contributed by atoms with van der Waals surface area (Å²) in [6.45, 7) is 4.30. The second kappa shape index (κ2) is 5.17. The molecule has 1 aliphatic carbocycles. The molecule has 1 fully saturated rings. The SMILES string of the molecule is CCc1nc(C(=O)O)c(C2CCC(C)CC2)s1.